The third-order valence-corrected chi connectivity index (χ3v) is 2.80. The fourth-order valence-electron chi connectivity index (χ4n) is 2.11. The quantitative estimate of drug-likeness (QED) is 0.663. The molecule has 2 atom stereocenters. The average molecular weight is 200 g/mol. The Bertz CT molecular complexity index is 172. The topological polar surface area (TPSA) is 33.7 Å². The summed E-state index contributed by atoms with van der Waals surface area (Å²) in [5.41, 5.74) is 0. The molecule has 2 rings (SSSR count). The van der Waals surface area contributed by atoms with E-state index >= 15 is 0 Å². The molecule has 82 valence electrons. The molecule has 2 fully saturated rings. The second-order valence-electron chi connectivity index (χ2n) is 4.17. The fraction of sp³-hybridized carbons (Fsp3) is 1.00. The van der Waals surface area contributed by atoms with Crippen LogP contribution in [0.2, 0.25) is 0 Å². The minimum Gasteiger partial charge on any atom is -0.378 e. The van der Waals surface area contributed by atoms with Crippen molar-refractivity contribution in [2.45, 2.75) is 19.1 Å². The molecule has 2 saturated heterocycles. The minimum atomic E-state index is 0.383. The van der Waals surface area contributed by atoms with Gasteiger partial charge in [-0.3, -0.25) is 4.90 Å². The lowest BCUT2D eigenvalue weighted by Gasteiger charge is -2.35. The van der Waals surface area contributed by atoms with E-state index in [9.17, 15) is 0 Å². The molecule has 2 aliphatic heterocycles. The van der Waals surface area contributed by atoms with Gasteiger partial charge in [-0.1, -0.05) is 0 Å². The molecular weight excluding hydrogens is 180 g/mol. The maximum Gasteiger partial charge on any atom is 0.0674 e. The first-order chi connectivity index (χ1) is 6.84. The molecule has 2 unspecified atom stereocenters. The molecule has 0 aromatic carbocycles. The summed E-state index contributed by atoms with van der Waals surface area (Å²) in [5, 5.41) is 3.47. The molecule has 0 radical (unpaired) electrons. The second kappa shape index (κ2) is 5.07. The van der Waals surface area contributed by atoms with Crippen molar-refractivity contribution in [3.8, 4) is 0 Å². The lowest BCUT2D eigenvalue weighted by atomic mass is 10.2. The number of ether oxygens (including phenoxy) is 2. The summed E-state index contributed by atoms with van der Waals surface area (Å²) < 4.78 is 10.9. The SMILES string of the molecule is CC1CN(CC2COCCN2)CCO1. The summed E-state index contributed by atoms with van der Waals surface area (Å²) in [6, 6.07) is 0.508. The average Bonchev–Trinajstić information content (AvgIpc) is 2.19. The van der Waals surface area contributed by atoms with Crippen molar-refractivity contribution in [2.75, 3.05) is 46.0 Å². The third kappa shape index (κ3) is 2.92. The fourth-order valence-corrected chi connectivity index (χ4v) is 2.11. The minimum absolute atomic E-state index is 0.383. The molecule has 0 spiro atoms. The third-order valence-electron chi connectivity index (χ3n) is 2.80. The van der Waals surface area contributed by atoms with Crippen LogP contribution in [0.4, 0.5) is 0 Å². The van der Waals surface area contributed by atoms with Crippen LogP contribution in [0.15, 0.2) is 0 Å². The molecule has 4 heteroatoms. The van der Waals surface area contributed by atoms with Crippen LogP contribution in [0.1, 0.15) is 6.92 Å². The van der Waals surface area contributed by atoms with Gasteiger partial charge in [-0.25, -0.2) is 0 Å². The molecule has 14 heavy (non-hydrogen) atoms. The monoisotopic (exact) mass is 200 g/mol. The maximum absolute atomic E-state index is 5.50. The molecule has 2 aliphatic rings. The lowest BCUT2D eigenvalue weighted by molar-refractivity contribution is -0.0284. The summed E-state index contributed by atoms with van der Waals surface area (Å²) in [6.45, 7) is 8.91. The molecule has 0 saturated carbocycles. The highest BCUT2D eigenvalue weighted by Gasteiger charge is 2.21. The number of morpholine rings is 2. The van der Waals surface area contributed by atoms with Gasteiger partial charge in [0.25, 0.3) is 0 Å². The van der Waals surface area contributed by atoms with Gasteiger partial charge in [0, 0.05) is 32.2 Å². The van der Waals surface area contributed by atoms with Gasteiger partial charge in [0.15, 0.2) is 0 Å². The zero-order chi connectivity index (χ0) is 9.80. The van der Waals surface area contributed by atoms with Gasteiger partial charge in [-0.2, -0.15) is 0 Å². The van der Waals surface area contributed by atoms with Crippen molar-refractivity contribution in [3.05, 3.63) is 0 Å². The number of nitrogens with one attached hydrogen (secondary N) is 1. The standard InChI is InChI=1S/C10H20N2O2/c1-9-6-12(3-5-14-9)7-10-8-13-4-2-11-10/h9-11H,2-8H2,1H3. The zero-order valence-electron chi connectivity index (χ0n) is 8.87. The predicted octanol–water partition coefficient (Wildman–Crippen LogP) is -0.304. The Morgan fingerprint density at radius 1 is 1.43 bits per heavy atom. The molecule has 0 amide bonds. The maximum atomic E-state index is 5.50. The van der Waals surface area contributed by atoms with Crippen molar-refractivity contribution < 1.29 is 9.47 Å². The summed E-state index contributed by atoms with van der Waals surface area (Å²) in [7, 11) is 0. The van der Waals surface area contributed by atoms with E-state index in [1.807, 2.05) is 0 Å². The van der Waals surface area contributed by atoms with E-state index in [1.54, 1.807) is 0 Å². The molecule has 0 aliphatic carbocycles. The van der Waals surface area contributed by atoms with Gasteiger partial charge in [0.2, 0.25) is 0 Å². The van der Waals surface area contributed by atoms with Crippen LogP contribution in [0.5, 0.6) is 0 Å². The smallest absolute Gasteiger partial charge is 0.0674 e. The van der Waals surface area contributed by atoms with E-state index in [0.717, 1.165) is 46.0 Å². The van der Waals surface area contributed by atoms with Crippen LogP contribution >= 0.6 is 0 Å². The Balaban J connectivity index is 1.72. The normalized spacial score (nSPS) is 35.8. The van der Waals surface area contributed by atoms with Gasteiger partial charge < -0.3 is 14.8 Å². The Morgan fingerprint density at radius 2 is 2.36 bits per heavy atom. The number of hydrogen-bond donors (Lipinski definition) is 1. The van der Waals surface area contributed by atoms with Crippen LogP contribution < -0.4 is 5.32 Å². The van der Waals surface area contributed by atoms with Crippen molar-refractivity contribution in [2.24, 2.45) is 0 Å². The summed E-state index contributed by atoms with van der Waals surface area (Å²) in [5.74, 6) is 0. The largest absolute Gasteiger partial charge is 0.378 e. The van der Waals surface area contributed by atoms with E-state index in [2.05, 4.69) is 17.1 Å². The van der Waals surface area contributed by atoms with E-state index in [0.29, 0.717) is 12.1 Å². The van der Waals surface area contributed by atoms with E-state index in [1.165, 1.54) is 0 Å². The molecule has 2 heterocycles. The second-order valence-corrected chi connectivity index (χ2v) is 4.17. The first-order valence-corrected chi connectivity index (χ1v) is 5.49. The highest BCUT2D eigenvalue weighted by molar-refractivity contribution is 4.77. The highest BCUT2D eigenvalue weighted by atomic mass is 16.5. The van der Waals surface area contributed by atoms with Crippen molar-refractivity contribution >= 4 is 0 Å². The Hall–Kier alpha value is -0.160. The summed E-state index contributed by atoms with van der Waals surface area (Å²) >= 11 is 0. The van der Waals surface area contributed by atoms with Gasteiger partial charge in [0.1, 0.15) is 0 Å². The van der Waals surface area contributed by atoms with E-state index in [-0.39, 0.29) is 0 Å². The molecular formula is C10H20N2O2. The first-order valence-electron chi connectivity index (χ1n) is 5.49. The Morgan fingerprint density at radius 3 is 3.07 bits per heavy atom. The predicted molar refractivity (Wildman–Crippen MR) is 54.5 cm³/mol. The van der Waals surface area contributed by atoms with Crippen LogP contribution in [0, 0.1) is 0 Å². The Kier molecular flexibility index (Phi) is 3.75. The molecule has 4 nitrogen and oxygen atoms in total. The van der Waals surface area contributed by atoms with E-state index in [4.69, 9.17) is 9.47 Å². The first kappa shape index (κ1) is 10.4. The summed E-state index contributed by atoms with van der Waals surface area (Å²) in [4.78, 5) is 2.46. The van der Waals surface area contributed by atoms with Crippen LogP contribution in [0.25, 0.3) is 0 Å². The van der Waals surface area contributed by atoms with Gasteiger partial charge >= 0.3 is 0 Å². The number of nitrogens with zero attached hydrogens (tertiary/aromatic N) is 1. The van der Waals surface area contributed by atoms with Crippen LogP contribution in [0.3, 0.4) is 0 Å². The van der Waals surface area contributed by atoms with Gasteiger partial charge in [-0.15, -0.1) is 0 Å². The van der Waals surface area contributed by atoms with E-state index < -0.39 is 0 Å². The van der Waals surface area contributed by atoms with Crippen LogP contribution in [-0.4, -0.2) is 63.0 Å². The molecule has 0 bridgehead atoms. The summed E-state index contributed by atoms with van der Waals surface area (Å²) in [6.07, 6.45) is 0.383. The van der Waals surface area contributed by atoms with Crippen molar-refractivity contribution in [1.82, 2.24) is 10.2 Å². The van der Waals surface area contributed by atoms with Crippen molar-refractivity contribution in [1.29, 1.82) is 0 Å². The van der Waals surface area contributed by atoms with Gasteiger partial charge in [-0.05, 0) is 6.92 Å². The van der Waals surface area contributed by atoms with Crippen LogP contribution in [-0.2, 0) is 9.47 Å². The van der Waals surface area contributed by atoms with Gasteiger partial charge in [0.05, 0.1) is 25.9 Å². The highest BCUT2D eigenvalue weighted by Crippen LogP contribution is 2.06. The molecule has 0 aromatic heterocycles. The number of hydrogen-bond acceptors (Lipinski definition) is 4. The molecule has 0 aromatic rings. The zero-order valence-corrected chi connectivity index (χ0v) is 8.87. The number of rotatable bonds is 2. The molecule has 1 N–H and O–H groups in total. The van der Waals surface area contributed by atoms with Crippen molar-refractivity contribution in [3.63, 3.8) is 0 Å². The lowest BCUT2D eigenvalue weighted by Crippen LogP contribution is -2.52. The Labute approximate surface area is 85.5 Å².